The van der Waals surface area contributed by atoms with Gasteiger partial charge in [-0.3, -0.25) is 0 Å². The van der Waals surface area contributed by atoms with Crippen LogP contribution in [0.4, 0.5) is 0 Å². The number of benzene rings is 1. The van der Waals surface area contributed by atoms with Crippen LogP contribution in [0.2, 0.25) is 0 Å². The molecule has 14 heavy (non-hydrogen) atoms. The number of aromatic nitrogens is 1. The van der Waals surface area contributed by atoms with Crippen LogP contribution in [0.1, 0.15) is 0 Å². The van der Waals surface area contributed by atoms with Gasteiger partial charge in [0.1, 0.15) is 0 Å². The zero-order valence-electron chi connectivity index (χ0n) is 7.86. The molecule has 2 rings (SSSR count). The lowest BCUT2D eigenvalue weighted by molar-refractivity contribution is -0.660. The van der Waals surface area contributed by atoms with Crippen molar-refractivity contribution in [1.82, 2.24) is 0 Å². The van der Waals surface area contributed by atoms with Gasteiger partial charge in [-0.05, 0) is 18.2 Å². The lowest BCUT2D eigenvalue weighted by Gasteiger charge is -1.96. The SMILES string of the molecule is C=CC[n+]1cccc2ccccc21.[Cl-]. The standard InChI is InChI=1S/C12H12N.ClH/c1-2-9-13-10-5-7-11-6-3-4-8-12(11)13;/h2-8,10H,1,9H2;1H/q+1;/p-1. The van der Waals surface area contributed by atoms with Crippen LogP contribution in [-0.4, -0.2) is 0 Å². The Bertz CT molecular complexity index is 432. The van der Waals surface area contributed by atoms with Gasteiger partial charge in [0, 0.05) is 17.5 Å². The van der Waals surface area contributed by atoms with Gasteiger partial charge >= 0.3 is 0 Å². The minimum absolute atomic E-state index is 0. The maximum atomic E-state index is 3.74. The summed E-state index contributed by atoms with van der Waals surface area (Å²) in [7, 11) is 0. The molecule has 0 spiro atoms. The molecular formula is C12H12ClN. The Hall–Kier alpha value is -1.34. The molecule has 1 nitrogen and oxygen atoms in total. The maximum Gasteiger partial charge on any atom is 0.212 e. The van der Waals surface area contributed by atoms with Gasteiger partial charge in [-0.15, -0.1) is 0 Å². The van der Waals surface area contributed by atoms with Crippen molar-refractivity contribution in [1.29, 1.82) is 0 Å². The Morgan fingerprint density at radius 3 is 2.64 bits per heavy atom. The van der Waals surface area contributed by atoms with Crippen molar-refractivity contribution >= 4 is 10.9 Å². The van der Waals surface area contributed by atoms with E-state index in [1.165, 1.54) is 10.9 Å². The Kier molecular flexibility index (Phi) is 3.66. The van der Waals surface area contributed by atoms with Crippen LogP contribution >= 0.6 is 0 Å². The van der Waals surface area contributed by atoms with Crippen molar-refractivity contribution in [2.75, 3.05) is 0 Å². The highest BCUT2D eigenvalue weighted by molar-refractivity contribution is 5.74. The number of hydrogen-bond acceptors (Lipinski definition) is 0. The monoisotopic (exact) mass is 205 g/mol. The van der Waals surface area contributed by atoms with E-state index in [1.54, 1.807) is 0 Å². The number of para-hydroxylation sites is 1. The summed E-state index contributed by atoms with van der Waals surface area (Å²) in [6.07, 6.45) is 3.98. The predicted octanol–water partition coefficient (Wildman–Crippen LogP) is -0.683. The summed E-state index contributed by atoms with van der Waals surface area (Å²) in [6, 6.07) is 12.5. The molecule has 0 radical (unpaired) electrons. The third kappa shape index (κ3) is 1.94. The molecule has 0 aliphatic rings. The molecule has 1 heterocycles. The van der Waals surface area contributed by atoms with E-state index >= 15 is 0 Å². The first kappa shape index (κ1) is 10.7. The molecular weight excluding hydrogens is 194 g/mol. The van der Waals surface area contributed by atoms with Crippen molar-refractivity contribution in [3.63, 3.8) is 0 Å². The highest BCUT2D eigenvalue weighted by Gasteiger charge is 2.03. The van der Waals surface area contributed by atoms with Gasteiger partial charge in [0.2, 0.25) is 5.52 Å². The van der Waals surface area contributed by atoms with Crippen LogP contribution in [0.25, 0.3) is 10.9 Å². The molecule has 0 amide bonds. The molecule has 0 unspecified atom stereocenters. The summed E-state index contributed by atoms with van der Waals surface area (Å²) < 4.78 is 2.18. The molecule has 0 atom stereocenters. The normalized spacial score (nSPS) is 9.43. The molecule has 0 saturated carbocycles. The molecule has 2 heteroatoms. The average Bonchev–Trinajstić information content (AvgIpc) is 2.19. The molecule has 0 fully saturated rings. The molecule has 0 saturated heterocycles. The summed E-state index contributed by atoms with van der Waals surface area (Å²) in [6.45, 7) is 4.60. The highest BCUT2D eigenvalue weighted by Crippen LogP contribution is 2.07. The van der Waals surface area contributed by atoms with Crippen LogP contribution in [0.3, 0.4) is 0 Å². The minimum Gasteiger partial charge on any atom is -1.00 e. The van der Waals surface area contributed by atoms with Crippen LogP contribution < -0.4 is 17.0 Å². The van der Waals surface area contributed by atoms with Crippen molar-refractivity contribution in [3.05, 3.63) is 55.3 Å². The van der Waals surface area contributed by atoms with E-state index in [0.717, 1.165) is 6.54 Å². The predicted molar refractivity (Wildman–Crippen MR) is 54.3 cm³/mol. The third-order valence-corrected chi connectivity index (χ3v) is 2.11. The van der Waals surface area contributed by atoms with E-state index in [-0.39, 0.29) is 12.4 Å². The van der Waals surface area contributed by atoms with E-state index in [1.807, 2.05) is 6.08 Å². The van der Waals surface area contributed by atoms with Gasteiger partial charge in [-0.25, -0.2) is 0 Å². The van der Waals surface area contributed by atoms with Gasteiger partial charge in [-0.1, -0.05) is 18.7 Å². The van der Waals surface area contributed by atoms with Crippen molar-refractivity contribution in [2.24, 2.45) is 0 Å². The fourth-order valence-corrected chi connectivity index (χ4v) is 1.52. The molecule has 0 bridgehead atoms. The van der Waals surface area contributed by atoms with E-state index in [4.69, 9.17) is 0 Å². The number of hydrogen-bond donors (Lipinski definition) is 0. The summed E-state index contributed by atoms with van der Waals surface area (Å²) in [5.74, 6) is 0. The highest BCUT2D eigenvalue weighted by atomic mass is 35.5. The second kappa shape index (κ2) is 4.77. The smallest absolute Gasteiger partial charge is 0.212 e. The van der Waals surface area contributed by atoms with Crippen molar-refractivity contribution in [2.45, 2.75) is 6.54 Å². The Morgan fingerprint density at radius 2 is 1.86 bits per heavy atom. The number of rotatable bonds is 2. The fraction of sp³-hybridized carbons (Fsp3) is 0.0833. The zero-order valence-corrected chi connectivity index (χ0v) is 8.61. The number of allylic oxidation sites excluding steroid dienone is 1. The van der Waals surface area contributed by atoms with Crippen LogP contribution in [0, 0.1) is 0 Å². The van der Waals surface area contributed by atoms with Gasteiger partial charge in [0.15, 0.2) is 12.7 Å². The number of nitrogens with zero attached hydrogens (tertiary/aromatic N) is 1. The van der Waals surface area contributed by atoms with Crippen LogP contribution in [-0.2, 0) is 6.54 Å². The molecule has 0 N–H and O–H groups in total. The molecule has 2 aromatic rings. The number of halogens is 1. The van der Waals surface area contributed by atoms with Gasteiger partial charge in [0.05, 0.1) is 0 Å². The summed E-state index contributed by atoms with van der Waals surface area (Å²) in [5.41, 5.74) is 1.25. The number of fused-ring (bicyclic) bond motifs is 1. The Morgan fingerprint density at radius 1 is 1.14 bits per heavy atom. The first-order chi connectivity index (χ1) is 6.42. The first-order valence-electron chi connectivity index (χ1n) is 4.40. The van der Waals surface area contributed by atoms with E-state index in [2.05, 4.69) is 53.7 Å². The Balaban J connectivity index is 0.000000980. The Labute approximate surface area is 90.1 Å². The summed E-state index contributed by atoms with van der Waals surface area (Å²) in [5, 5.41) is 1.27. The van der Waals surface area contributed by atoms with Gasteiger partial charge in [-0.2, -0.15) is 4.57 Å². The minimum atomic E-state index is 0. The summed E-state index contributed by atoms with van der Waals surface area (Å²) in [4.78, 5) is 0. The van der Waals surface area contributed by atoms with Crippen LogP contribution in [0.15, 0.2) is 55.3 Å². The fourth-order valence-electron chi connectivity index (χ4n) is 1.52. The van der Waals surface area contributed by atoms with Crippen LogP contribution in [0.5, 0.6) is 0 Å². The first-order valence-corrected chi connectivity index (χ1v) is 4.40. The van der Waals surface area contributed by atoms with Gasteiger partial charge < -0.3 is 12.4 Å². The van der Waals surface area contributed by atoms with E-state index in [0.29, 0.717) is 0 Å². The topological polar surface area (TPSA) is 3.88 Å². The lowest BCUT2D eigenvalue weighted by atomic mass is 10.2. The molecule has 72 valence electrons. The average molecular weight is 206 g/mol. The third-order valence-electron chi connectivity index (χ3n) is 2.11. The van der Waals surface area contributed by atoms with Crippen molar-refractivity contribution < 1.29 is 17.0 Å². The number of pyridine rings is 1. The molecule has 0 aliphatic carbocycles. The molecule has 1 aromatic carbocycles. The van der Waals surface area contributed by atoms with Crippen molar-refractivity contribution in [3.8, 4) is 0 Å². The second-order valence-corrected chi connectivity index (χ2v) is 3.01. The molecule has 0 aliphatic heterocycles. The van der Waals surface area contributed by atoms with E-state index < -0.39 is 0 Å². The quantitative estimate of drug-likeness (QED) is 0.452. The second-order valence-electron chi connectivity index (χ2n) is 3.01. The summed E-state index contributed by atoms with van der Waals surface area (Å²) >= 11 is 0. The van der Waals surface area contributed by atoms with E-state index in [9.17, 15) is 0 Å². The maximum absolute atomic E-state index is 3.74. The molecule has 1 aromatic heterocycles. The van der Waals surface area contributed by atoms with Gasteiger partial charge in [0.25, 0.3) is 0 Å². The lowest BCUT2D eigenvalue weighted by Crippen LogP contribution is -3.00. The zero-order chi connectivity index (χ0) is 9.10. The largest absolute Gasteiger partial charge is 1.00 e.